The zero-order chi connectivity index (χ0) is 37.7. The molecular weight excluding hydrogens is 699 g/mol. The number of likely N-dealkylation sites (tertiary alicyclic amines) is 2. The maximum absolute atomic E-state index is 12.3. The van der Waals surface area contributed by atoms with E-state index < -0.39 is 17.3 Å². The molecular formula is C36H46Cl2N6O7. The predicted molar refractivity (Wildman–Crippen MR) is 196 cm³/mol. The van der Waals surface area contributed by atoms with Crippen molar-refractivity contribution in [3.63, 3.8) is 0 Å². The van der Waals surface area contributed by atoms with Crippen LogP contribution in [0, 0.1) is 0 Å². The first-order valence-corrected chi connectivity index (χ1v) is 17.4. The molecule has 2 aliphatic rings. The van der Waals surface area contributed by atoms with E-state index in [4.69, 9.17) is 37.4 Å². The molecule has 2 saturated heterocycles. The van der Waals surface area contributed by atoms with Gasteiger partial charge in [0.25, 0.3) is 0 Å². The Morgan fingerprint density at radius 2 is 1.29 bits per heavy atom. The first-order chi connectivity index (χ1) is 23.8. The van der Waals surface area contributed by atoms with Gasteiger partial charge in [0, 0.05) is 41.4 Å². The van der Waals surface area contributed by atoms with Crippen molar-refractivity contribution in [3.05, 3.63) is 69.2 Å². The third kappa shape index (κ3) is 11.9. The van der Waals surface area contributed by atoms with E-state index in [0.717, 1.165) is 17.2 Å². The van der Waals surface area contributed by atoms with Crippen LogP contribution in [0.15, 0.2) is 53.3 Å². The molecule has 2 fully saturated rings. The van der Waals surface area contributed by atoms with Gasteiger partial charge >= 0.3 is 12.2 Å². The van der Waals surface area contributed by atoms with Crippen LogP contribution >= 0.6 is 23.2 Å². The molecule has 0 aliphatic carbocycles. The minimum atomic E-state index is -0.513. The molecule has 13 nitrogen and oxygen atoms in total. The van der Waals surface area contributed by atoms with Crippen molar-refractivity contribution in [2.75, 3.05) is 13.1 Å². The third-order valence-corrected chi connectivity index (χ3v) is 8.09. The number of carbonyl (C=O) groups excluding carboxylic acids is 2. The van der Waals surface area contributed by atoms with E-state index >= 15 is 0 Å². The van der Waals surface area contributed by atoms with Crippen LogP contribution in [-0.2, 0) is 9.47 Å². The van der Waals surface area contributed by atoms with Gasteiger partial charge in [-0.2, -0.15) is 4.98 Å². The van der Waals surface area contributed by atoms with Crippen LogP contribution in [0.4, 0.5) is 9.59 Å². The average Bonchev–Trinajstić information content (AvgIpc) is 3.55. The number of β-amino-alcohol motifs (C(OH)–C–C–N with tert-alkyl or cyclic N) is 1. The van der Waals surface area contributed by atoms with Crippen LogP contribution in [0.25, 0.3) is 22.1 Å². The van der Waals surface area contributed by atoms with E-state index in [1.54, 1.807) is 40.1 Å². The van der Waals surface area contributed by atoms with E-state index in [2.05, 4.69) is 19.9 Å². The molecule has 0 spiro atoms. The highest BCUT2D eigenvalue weighted by Crippen LogP contribution is 2.26. The number of halogens is 2. The second-order valence-corrected chi connectivity index (χ2v) is 15.3. The molecule has 0 radical (unpaired) electrons. The van der Waals surface area contributed by atoms with Gasteiger partial charge < -0.3 is 34.1 Å². The largest absolute Gasteiger partial charge is 0.472 e. The SMILES string of the molecule is C[C@H]1C[C@@H](Oc2ccc3ccc(Cl)nc3n2)CN1C(=O)OC(C)(C)C.C[C@H]1C[C@H](O)CN1C(=O)OC(C)(C)C.O=c1ccc2ccc(Cl)nc2[nH]1. The number of aromatic amines is 1. The van der Waals surface area contributed by atoms with Gasteiger partial charge in [-0.1, -0.05) is 23.2 Å². The molecule has 15 heteroatoms. The number of ether oxygens (including phenoxy) is 3. The second kappa shape index (κ2) is 16.4. The average molecular weight is 746 g/mol. The molecule has 2 N–H and O–H groups in total. The van der Waals surface area contributed by atoms with Gasteiger partial charge in [0.1, 0.15) is 33.3 Å². The molecule has 2 aliphatic heterocycles. The summed E-state index contributed by atoms with van der Waals surface area (Å²) >= 11 is 11.6. The van der Waals surface area contributed by atoms with E-state index in [1.165, 1.54) is 6.07 Å². The van der Waals surface area contributed by atoms with Crippen LogP contribution < -0.4 is 10.3 Å². The van der Waals surface area contributed by atoms with Gasteiger partial charge in [-0.15, -0.1) is 0 Å². The summed E-state index contributed by atoms with van der Waals surface area (Å²) < 4.78 is 16.6. The van der Waals surface area contributed by atoms with E-state index in [-0.39, 0.29) is 35.9 Å². The Morgan fingerprint density at radius 1 is 0.765 bits per heavy atom. The lowest BCUT2D eigenvalue weighted by Crippen LogP contribution is -2.39. The van der Waals surface area contributed by atoms with Crippen LogP contribution in [-0.4, -0.2) is 95.6 Å². The zero-order valence-electron chi connectivity index (χ0n) is 30.1. The molecule has 4 aromatic heterocycles. The Balaban J connectivity index is 0.000000189. The Bertz CT molecular complexity index is 1890. The van der Waals surface area contributed by atoms with Crippen molar-refractivity contribution in [1.29, 1.82) is 0 Å². The fourth-order valence-corrected chi connectivity index (χ4v) is 5.71. The fourth-order valence-electron chi connectivity index (χ4n) is 5.42. The number of pyridine rings is 4. The van der Waals surface area contributed by atoms with Gasteiger partial charge in [-0.05, 0) is 98.2 Å². The second-order valence-electron chi connectivity index (χ2n) is 14.6. The van der Waals surface area contributed by atoms with E-state index in [9.17, 15) is 19.5 Å². The van der Waals surface area contributed by atoms with Crippen LogP contribution in [0.2, 0.25) is 10.3 Å². The van der Waals surface area contributed by atoms with Gasteiger partial charge in [0.05, 0.1) is 19.2 Å². The summed E-state index contributed by atoms with van der Waals surface area (Å²) in [5.41, 5.74) is -0.0856. The quantitative estimate of drug-likeness (QED) is 0.204. The van der Waals surface area contributed by atoms with Crippen molar-refractivity contribution >= 4 is 57.5 Å². The number of aliphatic hydroxyl groups excluding tert-OH is 1. The molecule has 4 atom stereocenters. The third-order valence-electron chi connectivity index (χ3n) is 7.67. The molecule has 51 heavy (non-hydrogen) atoms. The Morgan fingerprint density at radius 3 is 1.88 bits per heavy atom. The number of carbonyl (C=O) groups is 2. The van der Waals surface area contributed by atoms with Crippen LogP contribution in [0.1, 0.15) is 68.2 Å². The lowest BCUT2D eigenvalue weighted by molar-refractivity contribution is 0.0211. The minimum Gasteiger partial charge on any atom is -0.472 e. The summed E-state index contributed by atoms with van der Waals surface area (Å²) in [7, 11) is 0. The van der Waals surface area contributed by atoms with Gasteiger partial charge in [-0.25, -0.2) is 19.6 Å². The zero-order valence-corrected chi connectivity index (χ0v) is 31.7. The molecule has 276 valence electrons. The maximum atomic E-state index is 12.3. The van der Waals surface area contributed by atoms with E-state index in [1.807, 2.05) is 67.5 Å². The summed E-state index contributed by atoms with van der Waals surface area (Å²) in [5.74, 6) is 0.477. The van der Waals surface area contributed by atoms with Gasteiger partial charge in [0.2, 0.25) is 11.4 Å². The topological polar surface area (TPSA) is 160 Å². The number of hydrogen-bond acceptors (Lipinski definition) is 10. The summed E-state index contributed by atoms with van der Waals surface area (Å²) in [6, 6.07) is 14.1. The number of hydrogen-bond donors (Lipinski definition) is 2. The Kier molecular flexibility index (Phi) is 12.8. The normalized spacial score (nSPS) is 20.3. The maximum Gasteiger partial charge on any atom is 0.410 e. The number of aromatic nitrogens is 4. The van der Waals surface area contributed by atoms with Crippen molar-refractivity contribution < 1.29 is 28.9 Å². The van der Waals surface area contributed by atoms with Gasteiger partial charge in [0.15, 0.2) is 5.65 Å². The monoisotopic (exact) mass is 744 g/mol. The van der Waals surface area contributed by atoms with Crippen molar-refractivity contribution in [1.82, 2.24) is 29.7 Å². The van der Waals surface area contributed by atoms with Gasteiger partial charge in [-0.3, -0.25) is 4.79 Å². The standard InChI is InChI=1S/C18H22ClN3O3.C10H19NO3.C8H5ClN2O/c1-11-9-13(10-22(11)17(23)25-18(2,3)4)24-15-8-6-12-5-7-14(19)20-16(12)21-15;1-7-5-8(12)6-11(7)9(13)14-10(2,3)4;9-6-3-1-5-2-4-7(12)11-8(5)10-6/h5-8,11,13H,9-10H2,1-4H3;7-8,12H,5-6H2,1-4H3;1-4H,(H,10,11,12)/t11-,13+;7-,8-;/m00./s1. The summed E-state index contributed by atoms with van der Waals surface area (Å²) in [6.45, 7) is 15.8. The minimum absolute atomic E-state index is 0.0490. The highest BCUT2D eigenvalue weighted by Gasteiger charge is 2.37. The van der Waals surface area contributed by atoms with Crippen molar-refractivity contribution in [3.8, 4) is 5.88 Å². The molecule has 0 bridgehead atoms. The summed E-state index contributed by atoms with van der Waals surface area (Å²) in [4.78, 5) is 53.2. The number of amides is 2. The molecule has 6 heterocycles. The summed E-state index contributed by atoms with van der Waals surface area (Å²) in [5, 5.41) is 11.9. The number of nitrogens with zero attached hydrogens (tertiary/aromatic N) is 5. The molecule has 0 unspecified atom stereocenters. The molecule has 0 saturated carbocycles. The number of nitrogens with one attached hydrogen (secondary N) is 1. The molecule has 2 amide bonds. The molecule has 4 aromatic rings. The molecule has 6 rings (SSSR count). The van der Waals surface area contributed by atoms with Crippen molar-refractivity contribution in [2.45, 2.75) is 104 Å². The number of fused-ring (bicyclic) bond motifs is 2. The first kappa shape index (κ1) is 39.6. The number of rotatable bonds is 2. The van der Waals surface area contributed by atoms with Crippen LogP contribution in [0.3, 0.4) is 0 Å². The number of aliphatic hydroxyl groups is 1. The smallest absolute Gasteiger partial charge is 0.410 e. The summed E-state index contributed by atoms with van der Waals surface area (Å²) in [6.07, 6.45) is 0.179. The fraction of sp³-hybridized carbons (Fsp3) is 0.500. The molecule has 0 aromatic carbocycles. The van der Waals surface area contributed by atoms with E-state index in [0.29, 0.717) is 47.0 Å². The highest BCUT2D eigenvalue weighted by atomic mass is 35.5. The predicted octanol–water partition coefficient (Wildman–Crippen LogP) is 7.01. The van der Waals surface area contributed by atoms with Crippen LogP contribution in [0.5, 0.6) is 5.88 Å². The Labute approximate surface area is 307 Å². The first-order valence-electron chi connectivity index (χ1n) is 16.7. The number of H-pyrrole nitrogens is 1. The van der Waals surface area contributed by atoms with Crippen molar-refractivity contribution in [2.24, 2.45) is 0 Å². The Hall–Kier alpha value is -4.20. The lowest BCUT2D eigenvalue weighted by Gasteiger charge is -2.26. The lowest BCUT2D eigenvalue weighted by atomic mass is 10.2. The highest BCUT2D eigenvalue weighted by molar-refractivity contribution is 6.30.